The Morgan fingerprint density at radius 2 is 2.00 bits per heavy atom. The molecule has 0 aromatic rings. The predicted molar refractivity (Wildman–Crippen MR) is 54.8 cm³/mol. The van der Waals surface area contributed by atoms with E-state index in [2.05, 4.69) is 9.26 Å². The maximum Gasteiger partial charge on any atom is 2.00 e. The average Bonchev–Trinajstić information content (AvgIpc) is 2.42. The van der Waals surface area contributed by atoms with Gasteiger partial charge in [-0.25, -0.2) is 9.36 Å². The molecule has 1 rings (SSSR count). The summed E-state index contributed by atoms with van der Waals surface area (Å²) in [6.07, 6.45) is -3.21. The van der Waals surface area contributed by atoms with Gasteiger partial charge in [0.05, 0.1) is 6.61 Å². The molecule has 12 heteroatoms. The molecule has 98 valence electrons. The smallest absolute Gasteiger partial charge is 1.00 e. The Labute approximate surface area is 164 Å². The van der Waals surface area contributed by atoms with Crippen molar-refractivity contribution in [2.45, 2.75) is 12.2 Å². The molecule has 0 unspecified atom stereocenters. The van der Waals surface area contributed by atoms with Crippen molar-refractivity contribution in [3.8, 4) is 0 Å². The molecule has 1 heterocycles. The van der Waals surface area contributed by atoms with E-state index in [4.69, 9.17) is 20.0 Å². The fourth-order valence-corrected chi connectivity index (χ4v) is 1.42. The summed E-state index contributed by atoms with van der Waals surface area (Å²) in [5.41, 5.74) is 0. The van der Waals surface area contributed by atoms with E-state index in [9.17, 15) is 14.5 Å². The summed E-state index contributed by atoms with van der Waals surface area (Å²) in [4.78, 5) is 27.8. The molecule has 1 aliphatic rings. The SMILES string of the molecule is O=C1O[C@H]([C@@H](O)CO)C(O)=C1OP(=O)(O)O.[H-].[H-].[H-].[K+].[Mg+2]. The summed E-state index contributed by atoms with van der Waals surface area (Å²) in [6.45, 7) is -0.814. The van der Waals surface area contributed by atoms with Crippen LogP contribution in [0.3, 0.4) is 0 Å². The van der Waals surface area contributed by atoms with Gasteiger partial charge in [0.2, 0.25) is 0 Å². The minimum absolute atomic E-state index is 0. The monoisotopic (exact) mass is 322 g/mol. The number of esters is 1. The van der Waals surface area contributed by atoms with Gasteiger partial charge >= 0.3 is 88.2 Å². The van der Waals surface area contributed by atoms with Crippen LogP contribution in [0.1, 0.15) is 4.28 Å². The van der Waals surface area contributed by atoms with E-state index in [1.54, 1.807) is 0 Å². The Morgan fingerprint density at radius 1 is 1.50 bits per heavy atom. The Balaban J connectivity index is -0.000000171. The first-order valence-electron chi connectivity index (χ1n) is 3.94. The third kappa shape index (κ3) is 5.73. The number of hydrogen-bond donors (Lipinski definition) is 5. The van der Waals surface area contributed by atoms with Crippen molar-refractivity contribution in [3.05, 3.63) is 11.5 Å². The first-order valence-corrected chi connectivity index (χ1v) is 5.47. The summed E-state index contributed by atoms with van der Waals surface area (Å²) in [7, 11) is -5.02. The summed E-state index contributed by atoms with van der Waals surface area (Å²) >= 11 is 0. The molecule has 0 spiro atoms. The number of ether oxygens (including phenoxy) is 1. The standard InChI is InChI=1S/C6H9O9P.K.Mg.3H/c7-1-2(8)4-3(9)5(6(10)14-4)15-16(11,12)13;;;;;/h2,4,7-9H,1H2,(H2,11,12,13);;;;;/q;+1;+2;3*-1/t2-,4+;;;;;/m0...../s1. The number of aliphatic hydroxyl groups excluding tert-OH is 3. The molecule has 0 aromatic carbocycles. The first-order chi connectivity index (χ1) is 7.26. The zero-order valence-corrected chi connectivity index (χ0v) is 14.8. The third-order valence-electron chi connectivity index (χ3n) is 1.67. The van der Waals surface area contributed by atoms with Crippen LogP contribution in [0, 0.1) is 0 Å². The fourth-order valence-electron chi connectivity index (χ4n) is 1.02. The molecule has 18 heavy (non-hydrogen) atoms. The van der Waals surface area contributed by atoms with Crippen LogP contribution < -0.4 is 51.4 Å². The number of phosphoric ester groups is 1. The number of phosphoric acid groups is 1. The second-order valence-electron chi connectivity index (χ2n) is 2.87. The average molecular weight is 323 g/mol. The molecule has 0 aliphatic carbocycles. The maximum atomic E-state index is 11.0. The number of aliphatic hydroxyl groups is 3. The van der Waals surface area contributed by atoms with E-state index < -0.39 is 44.1 Å². The minimum atomic E-state index is -5.02. The molecule has 0 bridgehead atoms. The van der Waals surface area contributed by atoms with Gasteiger partial charge < -0.3 is 28.9 Å². The van der Waals surface area contributed by atoms with Crippen molar-refractivity contribution in [1.82, 2.24) is 0 Å². The van der Waals surface area contributed by atoms with Crippen LogP contribution in [0.15, 0.2) is 11.5 Å². The van der Waals surface area contributed by atoms with Gasteiger partial charge in [0.25, 0.3) is 5.76 Å². The van der Waals surface area contributed by atoms with Crippen LogP contribution in [0.4, 0.5) is 0 Å². The number of hydrogen-bond acceptors (Lipinski definition) is 7. The second kappa shape index (κ2) is 8.54. The van der Waals surface area contributed by atoms with Crippen LogP contribution >= 0.6 is 7.82 Å². The summed E-state index contributed by atoms with van der Waals surface area (Å²) < 4.78 is 18.7. The topological polar surface area (TPSA) is 154 Å². The largest absolute Gasteiger partial charge is 2.00 e. The second-order valence-corrected chi connectivity index (χ2v) is 4.04. The molecule has 0 fully saturated rings. The summed E-state index contributed by atoms with van der Waals surface area (Å²) in [5, 5.41) is 26.9. The van der Waals surface area contributed by atoms with Gasteiger partial charge in [0, 0.05) is 0 Å². The quantitative estimate of drug-likeness (QED) is 0.195. The van der Waals surface area contributed by atoms with Crippen LogP contribution in [0.25, 0.3) is 0 Å². The molecular weight excluding hydrogens is 310 g/mol. The third-order valence-corrected chi connectivity index (χ3v) is 2.09. The molecule has 0 saturated heterocycles. The molecule has 2 atom stereocenters. The van der Waals surface area contributed by atoms with Crippen molar-refractivity contribution in [3.63, 3.8) is 0 Å². The van der Waals surface area contributed by atoms with Gasteiger partial charge in [0.1, 0.15) is 6.10 Å². The van der Waals surface area contributed by atoms with E-state index in [0.29, 0.717) is 0 Å². The zero-order chi connectivity index (χ0) is 12.5. The molecule has 9 nitrogen and oxygen atoms in total. The molecule has 0 saturated carbocycles. The van der Waals surface area contributed by atoms with E-state index in [1.165, 1.54) is 0 Å². The first kappa shape index (κ1) is 21.6. The molecule has 0 amide bonds. The molecule has 0 radical (unpaired) electrons. The van der Waals surface area contributed by atoms with Crippen molar-refractivity contribution in [2.24, 2.45) is 0 Å². The Morgan fingerprint density at radius 3 is 2.39 bits per heavy atom. The molecule has 1 aliphatic heterocycles. The van der Waals surface area contributed by atoms with E-state index in [0.717, 1.165) is 0 Å². The molecular formula is C6H12KMgO9P. The van der Waals surface area contributed by atoms with Crippen LogP contribution in [-0.2, 0) is 18.6 Å². The number of carbonyl (C=O) groups is 1. The number of rotatable bonds is 4. The van der Waals surface area contributed by atoms with Crippen LogP contribution in [0.2, 0.25) is 0 Å². The predicted octanol–water partition coefficient (Wildman–Crippen LogP) is -4.90. The minimum Gasteiger partial charge on any atom is -1.00 e. The van der Waals surface area contributed by atoms with E-state index in [-0.39, 0.29) is 78.7 Å². The fraction of sp³-hybridized carbons (Fsp3) is 0.500. The number of cyclic esters (lactones) is 1. The Kier molecular flexibility index (Phi) is 10.2. The Bertz CT molecular complexity index is 392. The maximum absolute atomic E-state index is 11.0. The Hall–Kier alpha value is 1.28. The van der Waals surface area contributed by atoms with Gasteiger partial charge in [-0.1, -0.05) is 0 Å². The van der Waals surface area contributed by atoms with Crippen molar-refractivity contribution < 1.29 is 99.4 Å². The number of carbonyl (C=O) groups excluding carboxylic acids is 1. The van der Waals surface area contributed by atoms with Crippen molar-refractivity contribution in [2.75, 3.05) is 6.61 Å². The van der Waals surface area contributed by atoms with Gasteiger partial charge in [-0.3, -0.25) is 9.79 Å². The van der Waals surface area contributed by atoms with E-state index >= 15 is 0 Å². The zero-order valence-electron chi connectivity index (χ0n) is 12.4. The summed E-state index contributed by atoms with van der Waals surface area (Å²) in [6, 6.07) is 0. The van der Waals surface area contributed by atoms with E-state index in [1.807, 2.05) is 0 Å². The van der Waals surface area contributed by atoms with Gasteiger partial charge in [-0.05, 0) is 0 Å². The normalized spacial score (nSPS) is 20.7. The van der Waals surface area contributed by atoms with Gasteiger partial charge in [0.15, 0.2) is 11.9 Å². The van der Waals surface area contributed by atoms with Gasteiger partial charge in [-0.2, -0.15) is 0 Å². The molecule has 5 N–H and O–H groups in total. The summed E-state index contributed by atoms with van der Waals surface area (Å²) in [5.74, 6) is -3.39. The van der Waals surface area contributed by atoms with Crippen LogP contribution in [-0.4, -0.2) is 72.9 Å². The van der Waals surface area contributed by atoms with Crippen molar-refractivity contribution in [1.29, 1.82) is 0 Å². The van der Waals surface area contributed by atoms with Crippen LogP contribution in [0.5, 0.6) is 0 Å². The van der Waals surface area contributed by atoms with Crippen molar-refractivity contribution >= 4 is 36.8 Å². The molecule has 0 aromatic heterocycles. The van der Waals surface area contributed by atoms with Gasteiger partial charge in [-0.15, -0.1) is 0 Å².